The van der Waals surface area contributed by atoms with Gasteiger partial charge in [0.05, 0.1) is 16.5 Å². The third-order valence-corrected chi connectivity index (χ3v) is 1.32. The van der Waals surface area contributed by atoms with E-state index in [2.05, 4.69) is 0 Å². The number of carbonyl (C=O) groups excluding carboxylic acids is 1. The normalized spacial score (nSPS) is 8.00. The van der Waals surface area contributed by atoms with E-state index >= 15 is 0 Å². The second-order valence-corrected chi connectivity index (χ2v) is 2.06. The van der Waals surface area contributed by atoms with Gasteiger partial charge in [-0.2, -0.15) is 0 Å². The fourth-order valence-electron chi connectivity index (χ4n) is 0.805. The summed E-state index contributed by atoms with van der Waals surface area (Å²) in [6.07, 6.45) is 0. The Hall–Kier alpha value is 0.324. The molecular formula is C7H5KLiNO4. The molecule has 0 heterocycles. The number of nitrogens with zero attached hydrogens (tertiary/aromatic N) is 1. The van der Waals surface area contributed by atoms with Crippen LogP contribution in [0.4, 0.5) is 5.69 Å². The van der Waals surface area contributed by atoms with E-state index in [4.69, 9.17) is 0 Å². The standard InChI is InChI=1S/C7H5NO4.K.Li.H/c9-7(10)5-3-1-2-4-6(5)8(11)12;;;/h1-4H,(H,9,10);;;/q;;+1;/p-1. The molecule has 1 rings (SSSR count). The average Bonchev–Trinajstić information content (AvgIpc) is 2.04. The molecule has 0 unspecified atom stereocenters. The van der Waals surface area contributed by atoms with Gasteiger partial charge in [0.1, 0.15) is 0 Å². The minimum Gasteiger partial charge on any atom is 1.00 e. The zero-order chi connectivity index (χ0) is 9.14. The first-order chi connectivity index (χ1) is 5.63. The second kappa shape index (κ2) is 7.59. The third kappa shape index (κ3) is 4.23. The summed E-state index contributed by atoms with van der Waals surface area (Å²) in [7, 11) is 0. The molecule has 0 saturated carbocycles. The minimum absolute atomic E-state index is 0. The molecule has 0 fully saturated rings. The van der Waals surface area contributed by atoms with Gasteiger partial charge in [0.2, 0.25) is 0 Å². The Balaban J connectivity index is 0. The minimum atomic E-state index is -1.54. The molecule has 0 amide bonds. The van der Waals surface area contributed by atoms with E-state index in [9.17, 15) is 20.0 Å². The maximum Gasteiger partial charge on any atom is 1.00 e. The smallest absolute Gasteiger partial charge is 1.00 e. The van der Waals surface area contributed by atoms with E-state index in [1.165, 1.54) is 12.1 Å². The Morgan fingerprint density at radius 2 is 1.79 bits per heavy atom. The molecule has 0 saturated heterocycles. The third-order valence-electron chi connectivity index (χ3n) is 1.32. The van der Waals surface area contributed by atoms with Crippen molar-refractivity contribution in [2.24, 2.45) is 0 Å². The van der Waals surface area contributed by atoms with Crippen molar-refractivity contribution >= 4 is 63.0 Å². The first kappa shape index (κ1) is 16.7. The van der Waals surface area contributed by atoms with Gasteiger partial charge < -0.3 is 9.90 Å². The SMILES string of the molecule is O=C([O-])c1ccccc1[N+](=O)[O-].[KH].[Li+]. The van der Waals surface area contributed by atoms with E-state index < -0.39 is 22.1 Å². The number of rotatable bonds is 2. The van der Waals surface area contributed by atoms with Gasteiger partial charge in [-0.1, -0.05) is 12.1 Å². The van der Waals surface area contributed by atoms with E-state index in [0.29, 0.717) is 0 Å². The second-order valence-electron chi connectivity index (χ2n) is 2.06. The van der Waals surface area contributed by atoms with Crippen molar-refractivity contribution in [3.05, 3.63) is 39.9 Å². The van der Waals surface area contributed by atoms with Crippen molar-refractivity contribution in [1.29, 1.82) is 0 Å². The monoisotopic (exact) mass is 213 g/mol. The number of nitro benzene ring substituents is 1. The predicted molar refractivity (Wildman–Crippen MR) is 44.6 cm³/mol. The predicted octanol–water partition coefficient (Wildman–Crippen LogP) is -3.69. The summed E-state index contributed by atoms with van der Waals surface area (Å²) in [4.78, 5) is 19.8. The number of carbonyl (C=O) groups is 1. The summed E-state index contributed by atoms with van der Waals surface area (Å²) in [5.74, 6) is -1.54. The molecule has 0 aliphatic rings. The quantitative estimate of drug-likeness (QED) is 0.288. The van der Waals surface area contributed by atoms with Crippen LogP contribution >= 0.6 is 0 Å². The fourth-order valence-corrected chi connectivity index (χ4v) is 0.805. The number of carboxylic acid groups (broad SMARTS) is 1. The Morgan fingerprint density at radius 1 is 1.29 bits per heavy atom. The number of carboxylic acids is 1. The van der Waals surface area contributed by atoms with Crippen molar-refractivity contribution in [1.82, 2.24) is 0 Å². The van der Waals surface area contributed by atoms with Crippen LogP contribution in [0.2, 0.25) is 0 Å². The van der Waals surface area contributed by atoms with Gasteiger partial charge in [0, 0.05) is 6.07 Å². The number of nitro groups is 1. The van der Waals surface area contributed by atoms with Crippen LogP contribution in [0.25, 0.3) is 0 Å². The molecule has 0 radical (unpaired) electrons. The van der Waals surface area contributed by atoms with Gasteiger partial charge >= 0.3 is 70.2 Å². The maximum absolute atomic E-state index is 10.3. The molecule has 7 heteroatoms. The van der Waals surface area contributed by atoms with Crippen LogP contribution in [0.5, 0.6) is 0 Å². The average molecular weight is 213 g/mol. The summed E-state index contributed by atoms with van der Waals surface area (Å²) in [6, 6.07) is 5.04. The number of hydrogen-bond donors (Lipinski definition) is 0. The van der Waals surface area contributed by atoms with Crippen LogP contribution in [0, 0.1) is 10.1 Å². The summed E-state index contributed by atoms with van der Waals surface area (Å²) in [5.41, 5.74) is -0.847. The molecule has 0 atom stereocenters. The van der Waals surface area contributed by atoms with Crippen molar-refractivity contribution in [2.45, 2.75) is 0 Å². The molecule has 0 spiro atoms. The molecule has 0 aliphatic heterocycles. The van der Waals surface area contributed by atoms with Crippen molar-refractivity contribution < 1.29 is 33.7 Å². The Bertz CT molecular complexity index is 311. The topological polar surface area (TPSA) is 83.3 Å². The van der Waals surface area contributed by atoms with Crippen molar-refractivity contribution in [2.75, 3.05) is 0 Å². The van der Waals surface area contributed by atoms with Gasteiger partial charge in [0.15, 0.2) is 0 Å². The molecule has 64 valence electrons. The van der Waals surface area contributed by atoms with E-state index in [-0.39, 0.29) is 70.2 Å². The maximum atomic E-state index is 10.3. The van der Waals surface area contributed by atoms with Crippen LogP contribution in [-0.4, -0.2) is 62.3 Å². The van der Waals surface area contributed by atoms with Gasteiger partial charge in [-0.3, -0.25) is 10.1 Å². The van der Waals surface area contributed by atoms with Crippen LogP contribution in [-0.2, 0) is 0 Å². The summed E-state index contributed by atoms with van der Waals surface area (Å²) in [6.45, 7) is 0. The number of benzene rings is 1. The molecule has 0 bridgehead atoms. The fraction of sp³-hybridized carbons (Fsp3) is 0. The molecule has 5 nitrogen and oxygen atoms in total. The number of para-hydroxylation sites is 1. The van der Waals surface area contributed by atoms with E-state index in [0.717, 1.165) is 12.1 Å². The molecule has 14 heavy (non-hydrogen) atoms. The number of hydrogen-bond acceptors (Lipinski definition) is 4. The van der Waals surface area contributed by atoms with Gasteiger partial charge in [-0.15, -0.1) is 0 Å². The van der Waals surface area contributed by atoms with Crippen LogP contribution in [0.3, 0.4) is 0 Å². The molecule has 0 N–H and O–H groups in total. The number of aromatic carboxylic acids is 1. The Labute approximate surface area is 135 Å². The summed E-state index contributed by atoms with van der Waals surface area (Å²) in [5, 5.41) is 20.6. The molecular weight excluding hydrogens is 208 g/mol. The zero-order valence-electron chi connectivity index (χ0n) is 6.89. The summed E-state index contributed by atoms with van der Waals surface area (Å²) >= 11 is 0. The molecule has 0 aliphatic carbocycles. The molecule has 0 aromatic heterocycles. The Morgan fingerprint density at radius 3 is 2.14 bits per heavy atom. The van der Waals surface area contributed by atoms with E-state index in [1.807, 2.05) is 0 Å². The first-order valence-corrected chi connectivity index (χ1v) is 3.07. The molecule has 1 aromatic carbocycles. The van der Waals surface area contributed by atoms with Gasteiger partial charge in [-0.25, -0.2) is 0 Å². The largest absolute Gasteiger partial charge is 1.00 e. The zero-order valence-corrected chi connectivity index (χ0v) is 6.89. The first-order valence-electron chi connectivity index (χ1n) is 3.07. The van der Waals surface area contributed by atoms with Crippen LogP contribution in [0.15, 0.2) is 24.3 Å². The van der Waals surface area contributed by atoms with E-state index in [1.54, 1.807) is 0 Å². The molecule has 1 aromatic rings. The van der Waals surface area contributed by atoms with Crippen molar-refractivity contribution in [3.63, 3.8) is 0 Å². The summed E-state index contributed by atoms with van der Waals surface area (Å²) < 4.78 is 0. The van der Waals surface area contributed by atoms with Crippen LogP contribution < -0.4 is 24.0 Å². The Kier molecular flexibility index (Phi) is 9.08. The van der Waals surface area contributed by atoms with Gasteiger partial charge in [-0.05, 0) is 6.07 Å². The van der Waals surface area contributed by atoms with Crippen molar-refractivity contribution in [3.8, 4) is 0 Å². The van der Waals surface area contributed by atoms with Gasteiger partial charge in [0.25, 0.3) is 5.69 Å². The van der Waals surface area contributed by atoms with Crippen LogP contribution in [0.1, 0.15) is 10.4 Å².